The van der Waals surface area contributed by atoms with Crippen molar-refractivity contribution in [3.63, 3.8) is 0 Å². The van der Waals surface area contributed by atoms with Crippen LogP contribution < -0.4 is 17.2 Å². The SMILES string of the molecule is CC(C)C.CCC(=O)O.CCC(C)=O.CCC(C)C.CCCCN.CCCN=C(N)N.CCSC.Cc1c[nH]c2ccccc12.Cc1ccc(O)cc1.Cc1ccccc1.Cc1cnc[nH]1. The number of nitrogens with one attached hydrogen (secondary N) is 2. The Morgan fingerprint density at radius 2 is 1.21 bits per heavy atom. The smallest absolute Gasteiger partial charge is 0.303 e. The average Bonchev–Trinajstić information content (AvgIpc) is 3.94. The van der Waals surface area contributed by atoms with Crippen molar-refractivity contribution in [1.29, 1.82) is 0 Å². The predicted octanol–water partition coefficient (Wildman–Crippen LogP) is 13.9. The molecular weight excluding hydrogens is 843 g/mol. The summed E-state index contributed by atoms with van der Waals surface area (Å²) in [5, 5.41) is 17.8. The number of unbranched alkanes of at least 4 members (excludes halogenated alkanes) is 1. The van der Waals surface area contributed by atoms with Gasteiger partial charge in [-0.15, -0.1) is 0 Å². The van der Waals surface area contributed by atoms with Crippen molar-refractivity contribution < 1.29 is 19.8 Å². The number of phenols is 1. The van der Waals surface area contributed by atoms with Crippen LogP contribution >= 0.6 is 11.8 Å². The van der Waals surface area contributed by atoms with Gasteiger partial charge in [-0.25, -0.2) is 4.98 Å². The third-order valence-corrected chi connectivity index (χ3v) is 7.96. The second kappa shape index (κ2) is 56.1. The van der Waals surface area contributed by atoms with Crippen molar-refractivity contribution in [3.05, 3.63) is 120 Å². The number of fused-ring (bicyclic) bond motifs is 1. The summed E-state index contributed by atoms with van der Waals surface area (Å²) in [4.78, 5) is 32.7. The van der Waals surface area contributed by atoms with Gasteiger partial charge in [-0.2, -0.15) is 11.8 Å². The molecule has 378 valence electrons. The van der Waals surface area contributed by atoms with Crippen LogP contribution in [-0.2, 0) is 9.59 Å². The van der Waals surface area contributed by atoms with E-state index in [1.54, 1.807) is 38.5 Å². The first-order chi connectivity index (χ1) is 31.1. The zero-order valence-corrected chi connectivity index (χ0v) is 45.3. The van der Waals surface area contributed by atoms with E-state index in [1.165, 1.54) is 52.6 Å². The molecule has 2 aromatic heterocycles. The second-order valence-corrected chi connectivity index (χ2v) is 16.8. The standard InChI is InChI=1S/C9H9N.C7H8O.C7H8.C5H12.C4H11N3.C4H6N2.C4H11N.C4H8O.C4H10.C3H6O2.C3H8S/c1-7-6-10-9-5-3-2-4-8(7)9;1-6-2-4-7(8)5-3-6;1-7-5-3-2-4-6-7;1-4-5(2)3;1-2-3-7-4(5)6;1-4-2-5-3-6-4;1-2-3-4-5;1-3-4(2)5;1-4(2)3;1-2-3(4)5;1-3-4-2/h2-6,10H,1H3;2-5,8H,1H3;2-6H,1H3;5H,4H2,1-3H3;2-3H2,1H3,(H4,5,6,7);2-3H,1H3,(H,5,6);2-5H2,1H3;3H2,1-2H3;4H,1-3H3;2H2,1H3,(H,4,5);3H2,1-2H3. The number of aromatic nitrogens is 3. The molecule has 12 heteroatoms. The summed E-state index contributed by atoms with van der Waals surface area (Å²) in [7, 11) is 0. The highest BCUT2D eigenvalue weighted by Crippen LogP contribution is 2.15. The molecule has 0 radical (unpaired) electrons. The van der Waals surface area contributed by atoms with Gasteiger partial charge in [0.15, 0.2) is 5.96 Å². The molecule has 0 aliphatic heterocycles. The minimum Gasteiger partial charge on any atom is -0.508 e. The summed E-state index contributed by atoms with van der Waals surface area (Å²) >= 11 is 1.86. The first kappa shape index (κ1) is 72.5. The number of guanidine groups is 1. The number of rotatable bonds is 8. The Kier molecular flexibility index (Phi) is 61.6. The van der Waals surface area contributed by atoms with Gasteiger partial charge >= 0.3 is 5.97 Å². The number of hydrogen-bond donors (Lipinski definition) is 7. The number of nitrogens with two attached hydrogens (primary N) is 3. The molecule has 5 aromatic rings. The molecule has 0 spiro atoms. The summed E-state index contributed by atoms with van der Waals surface area (Å²) < 4.78 is 0. The molecule has 0 unspecified atom stereocenters. The third kappa shape index (κ3) is 70.6. The van der Waals surface area contributed by atoms with Crippen molar-refractivity contribution in [2.45, 2.75) is 149 Å². The lowest BCUT2D eigenvalue weighted by molar-refractivity contribution is -0.136. The van der Waals surface area contributed by atoms with E-state index in [1.807, 2.05) is 82.1 Å². The topological polar surface area (TPSA) is 209 Å². The number of aromatic amines is 2. The number of Topliss-reactive ketones (excluding diaryl/α,β-unsaturated/α-hetero) is 1. The highest BCUT2D eigenvalue weighted by Gasteiger charge is 1.94. The number of H-pyrrole nitrogens is 2. The number of nitrogens with zero attached hydrogens (tertiary/aromatic N) is 2. The van der Waals surface area contributed by atoms with Gasteiger partial charge in [-0.3, -0.25) is 9.79 Å². The van der Waals surface area contributed by atoms with Gasteiger partial charge in [0.2, 0.25) is 0 Å². The second-order valence-electron chi connectivity index (χ2n) is 15.6. The molecule has 2 heterocycles. The van der Waals surface area contributed by atoms with E-state index >= 15 is 0 Å². The largest absolute Gasteiger partial charge is 0.508 e. The molecular formula is C54H97N7O4S. The van der Waals surface area contributed by atoms with Crippen molar-refractivity contribution in [2.24, 2.45) is 34.0 Å². The fourth-order valence-corrected chi connectivity index (χ4v) is 3.07. The van der Waals surface area contributed by atoms with E-state index in [9.17, 15) is 9.59 Å². The molecule has 0 atom stereocenters. The van der Waals surface area contributed by atoms with Crippen molar-refractivity contribution in [3.8, 4) is 5.75 Å². The number of benzene rings is 3. The Bertz CT molecular complexity index is 1680. The van der Waals surface area contributed by atoms with Gasteiger partial charge in [-0.05, 0) is 102 Å². The number of hydrogen-bond acceptors (Lipinski definition) is 7. The van der Waals surface area contributed by atoms with Crippen molar-refractivity contribution >= 4 is 40.4 Å². The number of carboxylic acids is 1. The molecule has 0 fully saturated rings. The molecule has 66 heavy (non-hydrogen) atoms. The molecule has 0 saturated carbocycles. The lowest BCUT2D eigenvalue weighted by Crippen LogP contribution is -2.22. The number of aliphatic carboxylic acids is 1. The number of aryl methyl sites for hydroxylation is 4. The molecule has 11 nitrogen and oxygen atoms in total. The molecule has 5 rings (SSSR count). The maximum absolute atomic E-state index is 9.81. The number of aliphatic imine (C=N–C) groups is 1. The summed E-state index contributed by atoms with van der Waals surface area (Å²) in [5.41, 5.74) is 21.3. The van der Waals surface area contributed by atoms with Crippen molar-refractivity contribution in [1.82, 2.24) is 15.0 Å². The van der Waals surface area contributed by atoms with Gasteiger partial charge in [0.05, 0.1) is 6.33 Å². The van der Waals surface area contributed by atoms with Crippen LogP contribution in [0.5, 0.6) is 5.75 Å². The highest BCUT2D eigenvalue weighted by atomic mass is 32.2. The van der Waals surface area contributed by atoms with Gasteiger partial charge in [-0.1, -0.05) is 161 Å². The summed E-state index contributed by atoms with van der Waals surface area (Å²) in [6.07, 6.45) is 13.1. The van der Waals surface area contributed by atoms with E-state index in [0.717, 1.165) is 37.0 Å². The van der Waals surface area contributed by atoms with Crippen LogP contribution in [0.1, 0.15) is 144 Å². The summed E-state index contributed by atoms with van der Waals surface area (Å²) in [6.45, 7) is 34.2. The Hall–Kier alpha value is -5.07. The lowest BCUT2D eigenvalue weighted by atomic mass is 10.2. The Balaban J connectivity index is -0.000000152. The van der Waals surface area contributed by atoms with Crippen LogP contribution in [-0.4, -0.2) is 68.0 Å². The lowest BCUT2D eigenvalue weighted by Gasteiger charge is -1.90. The maximum Gasteiger partial charge on any atom is 0.303 e. The van der Waals surface area contributed by atoms with Crippen LogP contribution in [0.25, 0.3) is 10.9 Å². The normalized spacial score (nSPS) is 8.79. The van der Waals surface area contributed by atoms with E-state index in [2.05, 4.69) is 126 Å². The number of ketones is 1. The summed E-state index contributed by atoms with van der Waals surface area (Å²) in [5.74, 6) is 2.97. The van der Waals surface area contributed by atoms with Gasteiger partial charge in [0.1, 0.15) is 11.5 Å². The maximum atomic E-state index is 9.81. The first-order valence-electron chi connectivity index (χ1n) is 23.3. The zero-order chi connectivity index (χ0) is 52.1. The Labute approximate surface area is 407 Å². The highest BCUT2D eigenvalue weighted by molar-refractivity contribution is 7.98. The molecule has 0 bridgehead atoms. The monoisotopic (exact) mass is 940 g/mol. The van der Waals surface area contributed by atoms with Gasteiger partial charge in [0, 0.05) is 48.4 Å². The fraction of sp³-hybridized carbons (Fsp3) is 0.519. The average molecular weight is 940 g/mol. The van der Waals surface area contributed by atoms with Crippen LogP contribution in [0, 0.1) is 39.5 Å². The first-order valence-corrected chi connectivity index (χ1v) is 24.7. The molecule has 10 N–H and O–H groups in total. The quantitative estimate of drug-likeness (QED) is 0.0582. The molecule has 0 amide bonds. The van der Waals surface area contributed by atoms with Crippen LogP contribution in [0.2, 0.25) is 0 Å². The van der Waals surface area contributed by atoms with Gasteiger partial charge < -0.3 is 42.2 Å². The molecule has 0 saturated heterocycles. The van der Waals surface area contributed by atoms with E-state index in [4.69, 9.17) is 27.4 Å². The summed E-state index contributed by atoms with van der Waals surface area (Å²) in [6, 6.07) is 25.7. The number of carboxylic acid groups (broad SMARTS) is 1. The number of carbonyl (C=O) groups excluding carboxylic acids is 1. The Morgan fingerprint density at radius 1 is 0.758 bits per heavy atom. The Morgan fingerprint density at radius 3 is 1.44 bits per heavy atom. The number of phenolic OH excluding ortho intramolecular Hbond substituents is 1. The number of thioether (sulfide) groups is 1. The molecule has 0 aliphatic carbocycles. The minimum absolute atomic E-state index is 0.182. The zero-order valence-electron chi connectivity index (χ0n) is 44.5. The number of carbonyl (C=O) groups is 2. The molecule has 3 aromatic carbocycles. The van der Waals surface area contributed by atoms with Gasteiger partial charge in [0.25, 0.3) is 0 Å². The van der Waals surface area contributed by atoms with Crippen LogP contribution in [0.15, 0.2) is 103 Å². The minimum atomic E-state index is -0.745. The third-order valence-electron chi connectivity index (χ3n) is 7.39. The van der Waals surface area contributed by atoms with Crippen LogP contribution in [0.4, 0.5) is 0 Å². The fourth-order valence-electron chi connectivity index (χ4n) is 3.07. The van der Waals surface area contributed by atoms with E-state index in [-0.39, 0.29) is 18.2 Å². The number of para-hydroxylation sites is 1. The van der Waals surface area contributed by atoms with Crippen LogP contribution in [0.3, 0.4) is 0 Å². The van der Waals surface area contributed by atoms with Crippen molar-refractivity contribution in [2.75, 3.05) is 25.1 Å². The number of aromatic hydroxyl groups is 1. The number of imidazole rings is 1. The molecule has 0 aliphatic rings. The predicted molar refractivity (Wildman–Crippen MR) is 294 cm³/mol. The van der Waals surface area contributed by atoms with E-state index < -0.39 is 5.97 Å². The van der Waals surface area contributed by atoms with E-state index in [0.29, 0.717) is 12.2 Å².